The highest BCUT2D eigenvalue weighted by molar-refractivity contribution is 8.14. The van der Waals surface area contributed by atoms with Crippen molar-refractivity contribution in [1.82, 2.24) is 5.32 Å². The summed E-state index contributed by atoms with van der Waals surface area (Å²) in [5.41, 5.74) is 2.66. The summed E-state index contributed by atoms with van der Waals surface area (Å²) >= 11 is 1.44. The number of hydrogen-bond donors (Lipinski definition) is 1. The first-order valence-electron chi connectivity index (χ1n) is 8.23. The average Bonchev–Trinajstić information content (AvgIpc) is 2.73. The zero-order valence-electron chi connectivity index (χ0n) is 15.0. The van der Waals surface area contributed by atoms with Crippen molar-refractivity contribution in [3.05, 3.63) is 65.7 Å². The van der Waals surface area contributed by atoms with E-state index in [9.17, 15) is 4.79 Å². The fraction of sp³-hybridized carbons (Fsp3) is 0.150. The van der Waals surface area contributed by atoms with Crippen molar-refractivity contribution in [3.63, 3.8) is 0 Å². The molecule has 2 aromatic rings. The van der Waals surface area contributed by atoms with E-state index in [-0.39, 0.29) is 5.91 Å². The van der Waals surface area contributed by atoms with Crippen molar-refractivity contribution in [2.75, 3.05) is 20.0 Å². The molecule has 0 fully saturated rings. The number of methoxy groups -OCH3 is 2. The van der Waals surface area contributed by atoms with Crippen LogP contribution in [0.1, 0.15) is 11.1 Å². The van der Waals surface area contributed by atoms with E-state index in [1.54, 1.807) is 38.5 Å². The third-order valence-electron chi connectivity index (χ3n) is 3.80. The number of carbonyl (C=O) groups is 1. The molecule has 27 heavy (non-hydrogen) atoms. The molecule has 2 aromatic carbocycles. The van der Waals surface area contributed by atoms with Gasteiger partial charge in [0, 0.05) is 17.4 Å². The highest BCUT2D eigenvalue weighted by atomic mass is 32.2. The van der Waals surface area contributed by atoms with Crippen LogP contribution in [0.4, 0.5) is 0 Å². The van der Waals surface area contributed by atoms with Gasteiger partial charge in [0.1, 0.15) is 11.5 Å². The number of hydrogen-bond acceptors (Lipinski definition) is 6. The molecule has 3 rings (SSSR count). The van der Waals surface area contributed by atoms with Gasteiger partial charge in [-0.2, -0.15) is 5.10 Å². The molecule has 0 atom stereocenters. The zero-order valence-corrected chi connectivity index (χ0v) is 15.8. The van der Waals surface area contributed by atoms with E-state index in [0.717, 1.165) is 16.8 Å². The van der Waals surface area contributed by atoms with Crippen LogP contribution in [0.2, 0.25) is 0 Å². The zero-order chi connectivity index (χ0) is 19.1. The van der Waals surface area contributed by atoms with Gasteiger partial charge in [-0.05, 0) is 29.8 Å². The summed E-state index contributed by atoms with van der Waals surface area (Å²) in [6.07, 6.45) is 3.10. The van der Waals surface area contributed by atoms with Gasteiger partial charge in [0.05, 0.1) is 19.9 Å². The molecule has 6 nitrogen and oxygen atoms in total. The summed E-state index contributed by atoms with van der Waals surface area (Å²) in [6.45, 7) is 0. The first kappa shape index (κ1) is 18.7. The Balaban J connectivity index is 1.66. The van der Waals surface area contributed by atoms with Gasteiger partial charge in [0.15, 0.2) is 5.17 Å². The van der Waals surface area contributed by atoms with Crippen LogP contribution < -0.4 is 14.8 Å². The Morgan fingerprint density at radius 3 is 2.59 bits per heavy atom. The number of benzene rings is 2. The van der Waals surface area contributed by atoms with E-state index in [1.165, 1.54) is 17.8 Å². The van der Waals surface area contributed by atoms with Crippen LogP contribution in [-0.2, 0) is 4.79 Å². The van der Waals surface area contributed by atoms with Gasteiger partial charge in [-0.1, -0.05) is 42.1 Å². The van der Waals surface area contributed by atoms with Gasteiger partial charge in [-0.15, -0.1) is 5.10 Å². The first-order valence-corrected chi connectivity index (χ1v) is 9.22. The maximum absolute atomic E-state index is 12.2. The SMILES string of the molecule is COc1ccc(OC)c(/C=C/C(=O)NC2=NN=C(c3ccccc3)CS2)c1. The molecule has 1 N–H and O–H groups in total. The van der Waals surface area contributed by atoms with Crippen LogP contribution >= 0.6 is 11.8 Å². The van der Waals surface area contributed by atoms with Crippen molar-refractivity contribution in [2.24, 2.45) is 10.2 Å². The summed E-state index contributed by atoms with van der Waals surface area (Å²) in [5.74, 6) is 1.70. The van der Waals surface area contributed by atoms with E-state index in [1.807, 2.05) is 30.3 Å². The smallest absolute Gasteiger partial charge is 0.249 e. The summed E-state index contributed by atoms with van der Waals surface area (Å²) in [6, 6.07) is 15.2. The van der Waals surface area contributed by atoms with E-state index in [0.29, 0.717) is 22.4 Å². The predicted octanol–water partition coefficient (Wildman–Crippen LogP) is 3.34. The second kappa shape index (κ2) is 9.05. The van der Waals surface area contributed by atoms with Gasteiger partial charge in [0.25, 0.3) is 0 Å². The molecule has 0 aliphatic carbocycles. The molecule has 1 amide bonds. The number of carbonyl (C=O) groups excluding carboxylic acids is 1. The molecule has 138 valence electrons. The highest BCUT2D eigenvalue weighted by Gasteiger charge is 2.13. The van der Waals surface area contributed by atoms with Crippen LogP contribution in [-0.4, -0.2) is 36.8 Å². The molecule has 0 spiro atoms. The molecule has 0 saturated carbocycles. The van der Waals surface area contributed by atoms with E-state index < -0.39 is 0 Å². The van der Waals surface area contributed by atoms with Crippen LogP contribution in [0, 0.1) is 0 Å². The number of thioether (sulfide) groups is 1. The fourth-order valence-corrected chi connectivity index (χ4v) is 3.18. The summed E-state index contributed by atoms with van der Waals surface area (Å²) < 4.78 is 10.5. The summed E-state index contributed by atoms with van der Waals surface area (Å²) in [4.78, 5) is 12.2. The number of ether oxygens (including phenoxy) is 2. The molecule has 0 bridgehead atoms. The van der Waals surface area contributed by atoms with E-state index in [4.69, 9.17) is 9.47 Å². The van der Waals surface area contributed by atoms with E-state index in [2.05, 4.69) is 15.5 Å². The Kier molecular flexibility index (Phi) is 6.27. The number of rotatable bonds is 5. The molecule has 0 radical (unpaired) electrons. The number of amidine groups is 1. The lowest BCUT2D eigenvalue weighted by Gasteiger charge is -2.12. The van der Waals surface area contributed by atoms with Crippen LogP contribution in [0.15, 0.2) is 64.8 Å². The van der Waals surface area contributed by atoms with Crippen molar-refractivity contribution in [2.45, 2.75) is 0 Å². The molecule has 1 aliphatic heterocycles. The first-order chi connectivity index (χ1) is 13.2. The van der Waals surface area contributed by atoms with Crippen molar-refractivity contribution in [1.29, 1.82) is 0 Å². The minimum atomic E-state index is -0.288. The molecule has 7 heteroatoms. The standard InChI is InChI=1S/C20H19N3O3S/c1-25-16-9-10-18(26-2)15(12-16)8-11-19(24)21-20-23-22-17(13-27-20)14-6-4-3-5-7-14/h3-12H,13H2,1-2H3,(H,21,23,24)/b11-8+. The minimum absolute atomic E-state index is 0.288. The molecule has 1 heterocycles. The van der Waals surface area contributed by atoms with Crippen LogP contribution in [0.5, 0.6) is 11.5 Å². The Labute approximate surface area is 162 Å². The fourth-order valence-electron chi connectivity index (χ4n) is 2.42. The minimum Gasteiger partial charge on any atom is -0.497 e. The molecular weight excluding hydrogens is 362 g/mol. The summed E-state index contributed by atoms with van der Waals surface area (Å²) in [7, 11) is 3.17. The normalized spacial score (nSPS) is 13.7. The second-order valence-corrected chi connectivity index (χ2v) is 6.50. The number of nitrogens with one attached hydrogen (secondary N) is 1. The van der Waals surface area contributed by atoms with Gasteiger partial charge < -0.3 is 14.8 Å². The third-order valence-corrected chi connectivity index (χ3v) is 4.67. The molecular formula is C20H19N3O3S. The Bertz CT molecular complexity index is 908. The lowest BCUT2D eigenvalue weighted by molar-refractivity contribution is -0.115. The Morgan fingerprint density at radius 2 is 1.93 bits per heavy atom. The maximum atomic E-state index is 12.2. The number of amides is 1. The number of nitrogens with zero attached hydrogens (tertiary/aromatic N) is 2. The summed E-state index contributed by atoms with van der Waals surface area (Å²) in [5, 5.41) is 11.5. The molecule has 0 unspecified atom stereocenters. The van der Waals surface area contributed by atoms with Gasteiger partial charge in [-0.25, -0.2) is 0 Å². The maximum Gasteiger partial charge on any atom is 0.249 e. The van der Waals surface area contributed by atoms with Crippen molar-refractivity contribution < 1.29 is 14.3 Å². The lowest BCUT2D eigenvalue weighted by Crippen LogP contribution is -2.29. The van der Waals surface area contributed by atoms with E-state index >= 15 is 0 Å². The van der Waals surface area contributed by atoms with Crippen LogP contribution in [0.3, 0.4) is 0 Å². The third kappa shape index (κ3) is 4.98. The molecule has 1 aliphatic rings. The van der Waals surface area contributed by atoms with Crippen LogP contribution in [0.25, 0.3) is 6.08 Å². The molecule has 0 saturated heterocycles. The molecule has 0 aromatic heterocycles. The van der Waals surface area contributed by atoms with Gasteiger partial charge >= 0.3 is 0 Å². The monoisotopic (exact) mass is 381 g/mol. The van der Waals surface area contributed by atoms with Crippen molar-refractivity contribution in [3.8, 4) is 11.5 Å². The highest BCUT2D eigenvalue weighted by Crippen LogP contribution is 2.25. The van der Waals surface area contributed by atoms with Crippen molar-refractivity contribution >= 4 is 34.6 Å². The predicted molar refractivity (Wildman–Crippen MR) is 110 cm³/mol. The van der Waals surface area contributed by atoms with Gasteiger partial charge in [0.2, 0.25) is 5.91 Å². The Morgan fingerprint density at radius 1 is 1.11 bits per heavy atom. The topological polar surface area (TPSA) is 72.3 Å². The van der Waals surface area contributed by atoms with Gasteiger partial charge in [-0.3, -0.25) is 4.79 Å². The Hall–Kier alpha value is -3.06. The second-order valence-electron chi connectivity index (χ2n) is 5.54. The quantitative estimate of drug-likeness (QED) is 0.807. The average molecular weight is 381 g/mol. The largest absolute Gasteiger partial charge is 0.497 e. The lowest BCUT2D eigenvalue weighted by atomic mass is 10.1.